The zero-order valence-corrected chi connectivity index (χ0v) is 15.5. The molecule has 0 spiro atoms. The average Bonchev–Trinajstić information content (AvgIpc) is 2.55. The molecule has 0 aliphatic carbocycles. The van der Waals surface area contributed by atoms with Crippen molar-refractivity contribution < 1.29 is 26.9 Å². The second-order valence-corrected chi connectivity index (χ2v) is 6.57. The van der Waals surface area contributed by atoms with E-state index < -0.39 is 16.2 Å². The summed E-state index contributed by atoms with van der Waals surface area (Å²) >= 11 is 0. The fourth-order valence-electron chi connectivity index (χ4n) is 1.75. The van der Waals surface area contributed by atoms with E-state index in [1.54, 1.807) is 31.2 Å². The first kappa shape index (κ1) is 22.1. The molecule has 1 aromatic heterocycles. The summed E-state index contributed by atoms with van der Waals surface area (Å²) in [6.07, 6.45) is 0.0236. The number of halogens is 1. The molecule has 0 unspecified atom stereocenters. The third kappa shape index (κ3) is 9.97. The van der Waals surface area contributed by atoms with Crippen molar-refractivity contribution >= 4 is 33.5 Å². The molecule has 4 N–H and O–H groups in total. The normalized spacial score (nSPS) is 10.4. The minimum absolute atomic E-state index is 0.178. The number of aromatic nitrogens is 1. The maximum Gasteiger partial charge on any atom is 0.411 e. The van der Waals surface area contributed by atoms with E-state index in [0.717, 1.165) is 5.56 Å². The summed E-state index contributed by atoms with van der Waals surface area (Å²) in [5.41, 5.74) is 7.08. The molecule has 0 radical (unpaired) electrons. The van der Waals surface area contributed by atoms with Gasteiger partial charge in [-0.15, -0.1) is 0 Å². The minimum atomic E-state index is -3.92. The molecule has 0 saturated heterocycles. The Morgan fingerprint density at radius 2 is 1.85 bits per heavy atom. The summed E-state index contributed by atoms with van der Waals surface area (Å²) < 4.78 is 44.8. The van der Waals surface area contributed by atoms with Crippen molar-refractivity contribution in [3.05, 3.63) is 47.8 Å². The second kappa shape index (κ2) is 10.3. The zero-order chi connectivity index (χ0) is 20.4. The molecule has 27 heavy (non-hydrogen) atoms. The van der Waals surface area contributed by atoms with Gasteiger partial charge in [0.05, 0.1) is 22.4 Å². The molecule has 0 aliphatic heterocycles. The molecule has 148 valence electrons. The summed E-state index contributed by atoms with van der Waals surface area (Å²) in [5.74, 6) is 0.453. The van der Waals surface area contributed by atoms with E-state index in [1.165, 1.54) is 12.1 Å². The van der Waals surface area contributed by atoms with Crippen LogP contribution in [-0.2, 0) is 21.4 Å². The number of nitrogens with one attached hydrogen (secondary N) is 2. The van der Waals surface area contributed by atoms with Crippen LogP contribution in [-0.4, -0.2) is 36.9 Å². The molecule has 1 aromatic carbocycles. The number of nitrogens with two attached hydrogens (primary N) is 1. The molecule has 0 aliphatic rings. The lowest BCUT2D eigenvalue weighted by Gasteiger charge is -2.10. The highest BCUT2D eigenvalue weighted by Gasteiger charge is 2.07. The van der Waals surface area contributed by atoms with Crippen LogP contribution in [0, 0.1) is 5.82 Å². The Labute approximate surface area is 156 Å². The molecule has 0 atom stereocenters. The van der Waals surface area contributed by atoms with E-state index in [0.29, 0.717) is 24.3 Å². The number of benzene rings is 1. The van der Waals surface area contributed by atoms with Crippen LogP contribution < -0.4 is 16.4 Å². The second-order valence-electron chi connectivity index (χ2n) is 5.16. The summed E-state index contributed by atoms with van der Waals surface area (Å²) in [4.78, 5) is 15.5. The lowest BCUT2D eigenvalue weighted by molar-refractivity contribution is 0.168. The van der Waals surface area contributed by atoms with Crippen molar-refractivity contribution in [1.29, 1.82) is 0 Å². The smallest absolute Gasteiger partial charge is 0.411 e. The van der Waals surface area contributed by atoms with Crippen molar-refractivity contribution in [3.8, 4) is 0 Å². The van der Waals surface area contributed by atoms with Crippen molar-refractivity contribution in [3.63, 3.8) is 0 Å². The predicted octanol–water partition coefficient (Wildman–Crippen LogP) is 2.14. The Hall–Kier alpha value is -2.92. The van der Waals surface area contributed by atoms with E-state index in [9.17, 15) is 9.18 Å². The average molecular weight is 399 g/mol. The largest absolute Gasteiger partial charge is 0.748 e. The van der Waals surface area contributed by atoms with Gasteiger partial charge in [-0.05, 0) is 36.8 Å². The highest BCUT2D eigenvalue weighted by Crippen LogP contribution is 2.19. The first-order chi connectivity index (χ1) is 12.6. The van der Waals surface area contributed by atoms with Gasteiger partial charge < -0.3 is 20.3 Å². The molecular formula is C16H20FN4O5S-. The number of amides is 1. The molecular weight excluding hydrogens is 379 g/mol. The van der Waals surface area contributed by atoms with Gasteiger partial charge in [0, 0.05) is 12.8 Å². The van der Waals surface area contributed by atoms with Gasteiger partial charge in [-0.2, -0.15) is 0 Å². The topological polar surface area (TPSA) is 146 Å². The van der Waals surface area contributed by atoms with E-state index in [4.69, 9.17) is 23.4 Å². The summed E-state index contributed by atoms with van der Waals surface area (Å²) in [6.45, 7) is 2.47. The Balaban J connectivity index is 0.000000646. The number of nitrogen functional groups attached to an aromatic ring is 1. The van der Waals surface area contributed by atoms with E-state index in [-0.39, 0.29) is 18.2 Å². The first-order valence-electron chi connectivity index (χ1n) is 7.68. The Kier molecular flexibility index (Phi) is 8.42. The summed E-state index contributed by atoms with van der Waals surface area (Å²) in [7, 11) is -3.92. The number of anilines is 3. The number of carbonyl (C=O) groups excluding carboxylic acids is 1. The molecule has 9 nitrogen and oxygen atoms in total. The number of nitrogens with zero attached hydrogens (tertiary/aromatic N) is 1. The van der Waals surface area contributed by atoms with Crippen LogP contribution in [0.2, 0.25) is 0 Å². The van der Waals surface area contributed by atoms with Gasteiger partial charge in [-0.3, -0.25) is 5.32 Å². The lowest BCUT2D eigenvalue weighted by atomic mass is 10.2. The molecule has 1 amide bonds. The van der Waals surface area contributed by atoms with Crippen LogP contribution in [0.1, 0.15) is 12.5 Å². The van der Waals surface area contributed by atoms with Crippen LogP contribution >= 0.6 is 0 Å². The van der Waals surface area contributed by atoms with Crippen LogP contribution in [0.3, 0.4) is 0 Å². The third-order valence-corrected chi connectivity index (χ3v) is 2.82. The number of rotatable bonds is 5. The molecule has 1 heterocycles. The van der Waals surface area contributed by atoms with E-state index in [1.807, 2.05) is 0 Å². The van der Waals surface area contributed by atoms with Gasteiger partial charge in [0.15, 0.2) is 0 Å². The highest BCUT2D eigenvalue weighted by atomic mass is 32.2. The highest BCUT2D eigenvalue weighted by molar-refractivity contribution is 7.84. The van der Waals surface area contributed by atoms with Crippen molar-refractivity contribution in [2.75, 3.05) is 29.2 Å². The fraction of sp³-hybridized carbons (Fsp3) is 0.250. The number of ether oxygens (including phenoxy) is 1. The van der Waals surface area contributed by atoms with Crippen LogP contribution in [0.25, 0.3) is 0 Å². The van der Waals surface area contributed by atoms with Crippen molar-refractivity contribution in [2.45, 2.75) is 13.5 Å². The third-order valence-electron chi connectivity index (χ3n) is 2.82. The van der Waals surface area contributed by atoms with Crippen molar-refractivity contribution in [1.82, 2.24) is 4.98 Å². The van der Waals surface area contributed by atoms with Gasteiger partial charge in [-0.1, -0.05) is 12.1 Å². The predicted molar refractivity (Wildman–Crippen MR) is 98.6 cm³/mol. The van der Waals surface area contributed by atoms with E-state index in [2.05, 4.69) is 15.6 Å². The van der Waals surface area contributed by atoms with Crippen LogP contribution in [0.4, 0.5) is 26.5 Å². The van der Waals surface area contributed by atoms with Gasteiger partial charge in [-0.25, -0.2) is 22.6 Å². The summed E-state index contributed by atoms with van der Waals surface area (Å²) in [6, 6.07) is 9.47. The van der Waals surface area contributed by atoms with Gasteiger partial charge >= 0.3 is 6.09 Å². The number of pyridine rings is 1. The monoisotopic (exact) mass is 399 g/mol. The Bertz CT molecular complexity index is 852. The Morgan fingerprint density at radius 3 is 2.37 bits per heavy atom. The number of hydrogen-bond donors (Lipinski definition) is 3. The maximum atomic E-state index is 12.8. The molecule has 0 bridgehead atoms. The molecule has 0 saturated carbocycles. The van der Waals surface area contributed by atoms with Gasteiger partial charge in [0.25, 0.3) is 0 Å². The van der Waals surface area contributed by atoms with Crippen LogP contribution in [0.15, 0.2) is 36.4 Å². The number of carbonyl (C=O) groups is 1. The molecule has 11 heteroatoms. The standard InChI is InChI=1S/C15H17FN4O2.CH4O3S/c1-2-22-15(21)19-12-7-8-13(20-14(12)17)18-9-10-3-5-11(16)6-4-10;1-5(2,3)4/h3-8H,2,9H2,1H3,(H,19,21)(H3,17,18,20);1H3,(H,2,3,4)/p-1. The van der Waals surface area contributed by atoms with Crippen LogP contribution in [0.5, 0.6) is 0 Å². The minimum Gasteiger partial charge on any atom is -0.748 e. The quantitative estimate of drug-likeness (QED) is 0.648. The summed E-state index contributed by atoms with van der Waals surface area (Å²) in [5, 5.41) is 5.57. The molecule has 2 rings (SSSR count). The fourth-order valence-corrected chi connectivity index (χ4v) is 1.75. The maximum absolute atomic E-state index is 12.8. The zero-order valence-electron chi connectivity index (χ0n) is 14.7. The SMILES string of the molecule is CCOC(=O)Nc1ccc(NCc2ccc(F)cc2)nc1N.CS(=O)(=O)[O-]. The number of hydrogen-bond acceptors (Lipinski definition) is 8. The van der Waals surface area contributed by atoms with E-state index >= 15 is 0 Å². The van der Waals surface area contributed by atoms with Gasteiger partial charge in [0.1, 0.15) is 17.5 Å². The molecule has 2 aromatic rings. The first-order valence-corrected chi connectivity index (χ1v) is 9.49. The van der Waals surface area contributed by atoms with Crippen molar-refractivity contribution in [2.24, 2.45) is 0 Å². The lowest BCUT2D eigenvalue weighted by Crippen LogP contribution is -2.15. The molecule has 0 fully saturated rings. The Morgan fingerprint density at radius 1 is 1.26 bits per heavy atom. The van der Waals surface area contributed by atoms with Gasteiger partial charge in [0.2, 0.25) is 0 Å².